The number of ether oxygens (including phenoxy) is 2. The highest BCUT2D eigenvalue weighted by atomic mass is 32.2. The van der Waals surface area contributed by atoms with Gasteiger partial charge in [-0.2, -0.15) is 13.2 Å². The topological polar surface area (TPSA) is 35.5 Å². The van der Waals surface area contributed by atoms with Crippen molar-refractivity contribution in [3.8, 4) is 11.5 Å². The van der Waals surface area contributed by atoms with Crippen LogP contribution in [-0.4, -0.2) is 30.8 Å². The lowest BCUT2D eigenvalue weighted by atomic mass is 10.2. The lowest BCUT2D eigenvalue weighted by Crippen LogP contribution is -2.09. The van der Waals surface area contributed by atoms with Gasteiger partial charge in [0.05, 0.1) is 18.8 Å². The molecule has 1 aromatic rings. The van der Waals surface area contributed by atoms with Crippen LogP contribution >= 0.6 is 11.8 Å². The first kappa shape index (κ1) is 15.7. The van der Waals surface area contributed by atoms with Crippen molar-refractivity contribution in [2.24, 2.45) is 0 Å². The van der Waals surface area contributed by atoms with Crippen molar-refractivity contribution in [3.05, 3.63) is 23.8 Å². The number of rotatable bonds is 7. The van der Waals surface area contributed by atoms with Gasteiger partial charge in [-0.05, 0) is 30.8 Å². The minimum atomic E-state index is -4.28. The van der Waals surface area contributed by atoms with Gasteiger partial charge in [0.2, 0.25) is 0 Å². The maximum Gasteiger partial charge on any atom is 0.441 e. The summed E-state index contributed by atoms with van der Waals surface area (Å²) in [6, 6.07) is 4.73. The van der Waals surface area contributed by atoms with Crippen molar-refractivity contribution in [3.63, 3.8) is 0 Å². The number of alkyl halides is 3. The molecule has 0 radical (unpaired) electrons. The van der Waals surface area contributed by atoms with Crippen LogP contribution in [0.25, 0.3) is 0 Å². The summed E-state index contributed by atoms with van der Waals surface area (Å²) >= 11 is -0.169. The van der Waals surface area contributed by atoms with Crippen LogP contribution in [0, 0.1) is 0 Å². The third-order valence-corrected chi connectivity index (χ3v) is 2.73. The molecule has 0 heterocycles. The molecule has 1 rings (SSSR count). The molecule has 0 aliphatic heterocycles. The molecular weight excluding hydrogens is 281 g/mol. The maximum atomic E-state index is 12.0. The molecule has 0 aliphatic rings. The number of hydrogen-bond donors (Lipinski definition) is 0. The molecule has 7 heteroatoms. The van der Waals surface area contributed by atoms with E-state index in [1.54, 1.807) is 19.1 Å². The van der Waals surface area contributed by atoms with Crippen molar-refractivity contribution >= 4 is 18.0 Å². The molecule has 0 amide bonds. The van der Waals surface area contributed by atoms with Crippen molar-refractivity contribution in [1.82, 2.24) is 0 Å². The van der Waals surface area contributed by atoms with E-state index in [2.05, 4.69) is 0 Å². The first-order valence-corrected chi connectivity index (χ1v) is 6.51. The number of carbonyl (C=O) groups is 1. The summed E-state index contributed by atoms with van der Waals surface area (Å²) < 4.78 is 46.4. The maximum absolute atomic E-state index is 12.0. The summed E-state index contributed by atoms with van der Waals surface area (Å²) in [7, 11) is 0. The Hall–Kier alpha value is -1.37. The summed E-state index contributed by atoms with van der Waals surface area (Å²) in [5.41, 5.74) is -4.03. The van der Waals surface area contributed by atoms with Crippen LogP contribution in [-0.2, 0) is 0 Å². The highest BCUT2D eigenvalue weighted by Crippen LogP contribution is 2.32. The van der Waals surface area contributed by atoms with E-state index in [9.17, 15) is 18.0 Å². The van der Waals surface area contributed by atoms with Crippen LogP contribution in [0.5, 0.6) is 11.5 Å². The predicted octanol–water partition coefficient (Wildman–Crippen LogP) is 3.53. The minimum absolute atomic E-state index is 0.158. The Morgan fingerprint density at radius 2 is 2.05 bits per heavy atom. The van der Waals surface area contributed by atoms with Crippen LogP contribution < -0.4 is 9.47 Å². The smallest absolute Gasteiger partial charge is 0.441 e. The molecule has 19 heavy (non-hydrogen) atoms. The summed E-state index contributed by atoms with van der Waals surface area (Å²) in [5, 5.41) is 0. The first-order chi connectivity index (χ1) is 8.98. The van der Waals surface area contributed by atoms with Crippen LogP contribution in [0.15, 0.2) is 18.2 Å². The summed E-state index contributed by atoms with van der Waals surface area (Å²) in [6.07, 6.45) is 0.578. The molecule has 106 valence electrons. The summed E-state index contributed by atoms with van der Waals surface area (Å²) in [4.78, 5) is 10.9. The number of halogens is 3. The largest absolute Gasteiger partial charge is 0.490 e. The van der Waals surface area contributed by atoms with E-state index in [0.717, 1.165) is 0 Å². The average Bonchev–Trinajstić information content (AvgIpc) is 2.35. The standard InChI is InChI=1S/C12H13F3O3S/c1-2-17-10-5-3-4-9(8-16)11(10)18-6-7-19-12(13,14)15/h3-5,8H,2,6-7H2,1H3. The molecule has 0 atom stereocenters. The number of carbonyl (C=O) groups excluding carboxylic acids is 1. The van der Waals surface area contributed by atoms with Gasteiger partial charge in [0, 0.05) is 5.75 Å². The van der Waals surface area contributed by atoms with Gasteiger partial charge in [-0.3, -0.25) is 4.79 Å². The fourth-order valence-electron chi connectivity index (χ4n) is 1.35. The minimum Gasteiger partial charge on any atom is -0.490 e. The number of para-hydroxylation sites is 1. The van der Waals surface area contributed by atoms with Crippen molar-refractivity contribution < 1.29 is 27.4 Å². The Labute approximate surface area is 113 Å². The Morgan fingerprint density at radius 3 is 2.63 bits per heavy atom. The molecular formula is C12H13F3O3S. The highest BCUT2D eigenvalue weighted by molar-refractivity contribution is 8.00. The van der Waals surface area contributed by atoms with Gasteiger partial charge >= 0.3 is 5.51 Å². The van der Waals surface area contributed by atoms with E-state index < -0.39 is 5.51 Å². The normalized spacial score (nSPS) is 11.2. The quantitative estimate of drug-likeness (QED) is 0.569. The molecule has 3 nitrogen and oxygen atoms in total. The fraction of sp³-hybridized carbons (Fsp3) is 0.417. The molecule has 0 aromatic heterocycles. The molecule has 0 N–H and O–H groups in total. The lowest BCUT2D eigenvalue weighted by Gasteiger charge is -2.13. The molecule has 0 bridgehead atoms. The monoisotopic (exact) mass is 294 g/mol. The van der Waals surface area contributed by atoms with E-state index in [-0.39, 0.29) is 35.4 Å². The number of benzene rings is 1. The van der Waals surface area contributed by atoms with E-state index in [4.69, 9.17) is 9.47 Å². The SMILES string of the molecule is CCOc1cccc(C=O)c1OCCSC(F)(F)F. The zero-order chi connectivity index (χ0) is 14.3. The van der Waals surface area contributed by atoms with Crippen LogP contribution in [0.1, 0.15) is 17.3 Å². The molecule has 0 fully saturated rings. The first-order valence-electron chi connectivity index (χ1n) is 5.52. The molecule has 0 spiro atoms. The number of aldehydes is 1. The summed E-state index contributed by atoms with van der Waals surface area (Å²) in [6.45, 7) is 1.97. The predicted molar refractivity (Wildman–Crippen MR) is 67.0 cm³/mol. The third kappa shape index (κ3) is 5.42. The highest BCUT2D eigenvalue weighted by Gasteiger charge is 2.27. The van der Waals surface area contributed by atoms with Crippen molar-refractivity contribution in [1.29, 1.82) is 0 Å². The van der Waals surface area contributed by atoms with Gasteiger partial charge in [-0.1, -0.05) is 6.07 Å². The van der Waals surface area contributed by atoms with E-state index in [1.807, 2.05) is 0 Å². The Kier molecular flexibility index (Phi) is 6.01. The molecule has 1 aromatic carbocycles. The zero-order valence-electron chi connectivity index (χ0n) is 10.2. The van der Waals surface area contributed by atoms with E-state index >= 15 is 0 Å². The van der Waals surface area contributed by atoms with Crippen molar-refractivity contribution in [2.75, 3.05) is 19.0 Å². The summed E-state index contributed by atoms with van der Waals surface area (Å²) in [5.74, 6) is 0.286. The van der Waals surface area contributed by atoms with Gasteiger partial charge in [0.25, 0.3) is 0 Å². The third-order valence-electron chi connectivity index (χ3n) is 2.03. The fourth-order valence-corrected chi connectivity index (χ4v) is 1.75. The van der Waals surface area contributed by atoms with Crippen molar-refractivity contribution in [2.45, 2.75) is 12.4 Å². The van der Waals surface area contributed by atoms with Gasteiger partial charge in [-0.15, -0.1) is 0 Å². The Bertz CT molecular complexity index is 421. The molecule has 0 saturated heterocycles. The second-order valence-electron chi connectivity index (χ2n) is 3.37. The van der Waals surface area contributed by atoms with Gasteiger partial charge in [0.15, 0.2) is 17.8 Å². The van der Waals surface area contributed by atoms with E-state index in [0.29, 0.717) is 18.6 Å². The second-order valence-corrected chi connectivity index (χ2v) is 4.53. The van der Waals surface area contributed by atoms with E-state index in [1.165, 1.54) is 6.07 Å². The van der Waals surface area contributed by atoms with Gasteiger partial charge in [-0.25, -0.2) is 0 Å². The average molecular weight is 294 g/mol. The van der Waals surface area contributed by atoms with Gasteiger partial charge in [0.1, 0.15) is 0 Å². The Morgan fingerprint density at radius 1 is 1.32 bits per heavy atom. The lowest BCUT2D eigenvalue weighted by molar-refractivity contribution is -0.0329. The number of thioether (sulfide) groups is 1. The van der Waals surface area contributed by atoms with Crippen LogP contribution in [0.2, 0.25) is 0 Å². The second kappa shape index (κ2) is 7.28. The van der Waals surface area contributed by atoms with Gasteiger partial charge < -0.3 is 9.47 Å². The Balaban J connectivity index is 2.67. The van der Waals surface area contributed by atoms with Crippen LogP contribution in [0.3, 0.4) is 0 Å². The number of hydrogen-bond acceptors (Lipinski definition) is 4. The molecule has 0 aliphatic carbocycles. The molecule has 0 saturated carbocycles. The zero-order valence-corrected chi connectivity index (χ0v) is 11.0. The van der Waals surface area contributed by atoms with Crippen LogP contribution in [0.4, 0.5) is 13.2 Å². The molecule has 0 unspecified atom stereocenters.